The highest BCUT2D eigenvalue weighted by Gasteiger charge is 2.33. The Bertz CT molecular complexity index is 708. The van der Waals surface area contributed by atoms with Crippen LogP contribution in [0.4, 0.5) is 5.82 Å². The largest absolute Gasteiger partial charge is 0.343 e. The molecule has 0 saturated carbocycles. The van der Waals surface area contributed by atoms with Crippen LogP contribution in [0, 0.1) is 0 Å². The number of pyridine rings is 1. The highest BCUT2D eigenvalue weighted by molar-refractivity contribution is 5.46. The third-order valence-electron chi connectivity index (χ3n) is 4.91. The van der Waals surface area contributed by atoms with Crippen LogP contribution in [0.15, 0.2) is 85.1 Å². The van der Waals surface area contributed by atoms with Gasteiger partial charge in [0.15, 0.2) is 0 Å². The zero-order valence-electron chi connectivity index (χ0n) is 13.8. The molecule has 0 bridgehead atoms. The summed E-state index contributed by atoms with van der Waals surface area (Å²) in [6.07, 6.45) is 5.48. The second kappa shape index (κ2) is 6.88. The molecule has 2 unspecified atom stereocenters. The van der Waals surface area contributed by atoms with Crippen molar-refractivity contribution in [3.8, 4) is 0 Å². The summed E-state index contributed by atoms with van der Waals surface area (Å²) in [5.74, 6) is 1.07. The summed E-state index contributed by atoms with van der Waals surface area (Å²) in [4.78, 5) is 7.20. The maximum Gasteiger partial charge on any atom is 0.129 e. The van der Waals surface area contributed by atoms with Crippen molar-refractivity contribution in [3.63, 3.8) is 0 Å². The summed E-state index contributed by atoms with van der Waals surface area (Å²) in [6, 6.07) is 28.7. The highest BCUT2D eigenvalue weighted by atomic mass is 15.2. The summed E-state index contributed by atoms with van der Waals surface area (Å²) in [6.45, 7) is 0. The van der Waals surface area contributed by atoms with E-state index < -0.39 is 0 Å². The maximum absolute atomic E-state index is 4.68. The average molecular weight is 314 g/mol. The summed E-state index contributed by atoms with van der Waals surface area (Å²) in [5.41, 5.74) is 2.76. The van der Waals surface area contributed by atoms with Gasteiger partial charge in [0.05, 0.1) is 12.1 Å². The normalized spacial score (nSPS) is 20.8. The Kier molecular flexibility index (Phi) is 4.28. The second-order valence-electron chi connectivity index (χ2n) is 6.38. The van der Waals surface area contributed by atoms with E-state index in [1.54, 1.807) is 0 Å². The van der Waals surface area contributed by atoms with Crippen LogP contribution in [0.1, 0.15) is 42.5 Å². The number of hydrogen-bond donors (Lipinski definition) is 0. The van der Waals surface area contributed by atoms with Crippen molar-refractivity contribution in [2.45, 2.75) is 31.3 Å². The first-order chi connectivity index (χ1) is 11.9. The quantitative estimate of drug-likeness (QED) is 0.629. The van der Waals surface area contributed by atoms with Crippen molar-refractivity contribution >= 4 is 5.82 Å². The van der Waals surface area contributed by atoms with Gasteiger partial charge in [-0.15, -0.1) is 0 Å². The first-order valence-corrected chi connectivity index (χ1v) is 8.73. The molecule has 120 valence electrons. The lowest BCUT2D eigenvalue weighted by molar-refractivity contribution is 0.391. The first kappa shape index (κ1) is 14.9. The number of hydrogen-bond acceptors (Lipinski definition) is 2. The van der Waals surface area contributed by atoms with Gasteiger partial charge in [0.25, 0.3) is 0 Å². The summed E-state index contributed by atoms with van der Waals surface area (Å²) in [7, 11) is 0. The van der Waals surface area contributed by atoms with Crippen LogP contribution >= 0.6 is 0 Å². The number of benzene rings is 2. The number of piperidine rings is 1. The molecular formula is C22H22N2. The van der Waals surface area contributed by atoms with Crippen molar-refractivity contribution in [2.24, 2.45) is 0 Å². The molecule has 24 heavy (non-hydrogen) atoms. The van der Waals surface area contributed by atoms with E-state index in [2.05, 4.69) is 82.7 Å². The van der Waals surface area contributed by atoms with Crippen molar-refractivity contribution in [1.82, 2.24) is 4.98 Å². The standard InChI is InChI=1S/C22H22N2/c1-3-10-18(11-4-1)20-14-9-15-21(19-12-5-2-6-13-19)24(20)22-16-7-8-17-23-22/h1-8,10-13,16-17,20-21H,9,14-15H2. The monoisotopic (exact) mass is 314 g/mol. The minimum absolute atomic E-state index is 0.375. The molecular weight excluding hydrogens is 292 g/mol. The lowest BCUT2D eigenvalue weighted by atomic mass is 9.87. The number of rotatable bonds is 3. The van der Waals surface area contributed by atoms with Gasteiger partial charge in [-0.2, -0.15) is 0 Å². The van der Waals surface area contributed by atoms with E-state index in [0.717, 1.165) is 5.82 Å². The van der Waals surface area contributed by atoms with Crippen LogP contribution in [0.2, 0.25) is 0 Å². The van der Waals surface area contributed by atoms with Gasteiger partial charge in [-0.1, -0.05) is 66.7 Å². The molecule has 1 fully saturated rings. The Morgan fingerprint density at radius 1 is 0.667 bits per heavy atom. The molecule has 1 aromatic heterocycles. The molecule has 2 atom stereocenters. The fourth-order valence-electron chi connectivity index (χ4n) is 3.83. The molecule has 2 heterocycles. The molecule has 1 aliphatic heterocycles. The molecule has 2 nitrogen and oxygen atoms in total. The fourth-order valence-corrected chi connectivity index (χ4v) is 3.83. The van der Waals surface area contributed by atoms with Gasteiger partial charge in [0, 0.05) is 6.20 Å². The van der Waals surface area contributed by atoms with Gasteiger partial charge in [-0.25, -0.2) is 4.98 Å². The molecule has 0 amide bonds. The topological polar surface area (TPSA) is 16.1 Å². The van der Waals surface area contributed by atoms with Gasteiger partial charge in [0.1, 0.15) is 5.82 Å². The molecule has 0 spiro atoms. The van der Waals surface area contributed by atoms with E-state index in [0.29, 0.717) is 12.1 Å². The van der Waals surface area contributed by atoms with E-state index in [9.17, 15) is 0 Å². The maximum atomic E-state index is 4.68. The van der Waals surface area contributed by atoms with Gasteiger partial charge < -0.3 is 4.90 Å². The molecule has 4 rings (SSSR count). The predicted octanol–water partition coefficient (Wildman–Crippen LogP) is 5.55. The second-order valence-corrected chi connectivity index (χ2v) is 6.38. The Morgan fingerprint density at radius 2 is 1.21 bits per heavy atom. The van der Waals surface area contributed by atoms with E-state index >= 15 is 0 Å². The number of nitrogens with zero attached hydrogens (tertiary/aromatic N) is 2. The van der Waals surface area contributed by atoms with Gasteiger partial charge in [-0.3, -0.25) is 0 Å². The predicted molar refractivity (Wildman–Crippen MR) is 98.9 cm³/mol. The minimum Gasteiger partial charge on any atom is -0.343 e. The number of anilines is 1. The third-order valence-corrected chi connectivity index (χ3v) is 4.91. The molecule has 1 saturated heterocycles. The third kappa shape index (κ3) is 2.92. The van der Waals surface area contributed by atoms with Crippen LogP contribution in [0.25, 0.3) is 0 Å². The Morgan fingerprint density at radius 3 is 1.71 bits per heavy atom. The highest BCUT2D eigenvalue weighted by Crippen LogP contribution is 2.43. The Balaban J connectivity index is 1.79. The molecule has 2 heteroatoms. The summed E-state index contributed by atoms with van der Waals surface area (Å²) >= 11 is 0. The molecule has 1 aliphatic rings. The van der Waals surface area contributed by atoms with Gasteiger partial charge in [0.2, 0.25) is 0 Å². The van der Waals surface area contributed by atoms with Crippen molar-refractivity contribution in [1.29, 1.82) is 0 Å². The van der Waals surface area contributed by atoms with E-state index in [1.165, 1.54) is 30.4 Å². The van der Waals surface area contributed by atoms with E-state index in [1.807, 2.05) is 12.3 Å². The van der Waals surface area contributed by atoms with Crippen molar-refractivity contribution < 1.29 is 0 Å². The zero-order chi connectivity index (χ0) is 16.2. The number of aromatic nitrogens is 1. The SMILES string of the molecule is c1ccc(C2CCCC(c3ccccc3)N2c2ccccn2)cc1. The van der Waals surface area contributed by atoms with Crippen LogP contribution in [-0.2, 0) is 0 Å². The zero-order valence-corrected chi connectivity index (χ0v) is 13.8. The van der Waals surface area contributed by atoms with Crippen LogP contribution < -0.4 is 4.90 Å². The summed E-state index contributed by atoms with van der Waals surface area (Å²) in [5, 5.41) is 0. The summed E-state index contributed by atoms with van der Waals surface area (Å²) < 4.78 is 0. The van der Waals surface area contributed by atoms with E-state index in [4.69, 9.17) is 0 Å². The van der Waals surface area contributed by atoms with Crippen LogP contribution in [0.5, 0.6) is 0 Å². The smallest absolute Gasteiger partial charge is 0.129 e. The van der Waals surface area contributed by atoms with Crippen LogP contribution in [-0.4, -0.2) is 4.98 Å². The van der Waals surface area contributed by atoms with Crippen molar-refractivity contribution in [3.05, 3.63) is 96.2 Å². The van der Waals surface area contributed by atoms with E-state index in [-0.39, 0.29) is 0 Å². The molecule has 0 N–H and O–H groups in total. The molecule has 0 aliphatic carbocycles. The minimum atomic E-state index is 0.375. The Hall–Kier alpha value is -2.61. The Labute approximate surface area is 143 Å². The van der Waals surface area contributed by atoms with Gasteiger partial charge in [-0.05, 0) is 42.5 Å². The lowest BCUT2D eigenvalue weighted by Crippen LogP contribution is -2.37. The van der Waals surface area contributed by atoms with Crippen LogP contribution in [0.3, 0.4) is 0 Å². The lowest BCUT2D eigenvalue weighted by Gasteiger charge is -2.43. The molecule has 3 aromatic rings. The average Bonchev–Trinajstić information content (AvgIpc) is 2.69. The van der Waals surface area contributed by atoms with Gasteiger partial charge >= 0.3 is 0 Å². The molecule has 2 aromatic carbocycles. The first-order valence-electron chi connectivity index (χ1n) is 8.73. The fraction of sp³-hybridized carbons (Fsp3) is 0.227. The van der Waals surface area contributed by atoms with Crippen molar-refractivity contribution in [2.75, 3.05) is 4.90 Å². The molecule has 0 radical (unpaired) electrons.